The lowest BCUT2D eigenvalue weighted by Gasteiger charge is -2.30. The largest absolute Gasteiger partial charge is 0.453 e. The van der Waals surface area contributed by atoms with Gasteiger partial charge in [0.1, 0.15) is 29.4 Å². The van der Waals surface area contributed by atoms with Crippen molar-refractivity contribution in [1.29, 1.82) is 0 Å². The van der Waals surface area contributed by atoms with Crippen LogP contribution in [0.3, 0.4) is 0 Å². The number of amides is 4. The van der Waals surface area contributed by atoms with E-state index in [1.54, 1.807) is 27.3 Å². The Kier molecular flexibility index (Phi) is 13.0. The van der Waals surface area contributed by atoms with Gasteiger partial charge in [-0.05, 0) is 85.1 Å². The molecule has 0 saturated carbocycles. The summed E-state index contributed by atoms with van der Waals surface area (Å²) in [6.45, 7) is 8.73. The first-order valence-electron chi connectivity index (χ1n) is 19.1. The first-order valence-corrected chi connectivity index (χ1v) is 19.9. The van der Waals surface area contributed by atoms with Gasteiger partial charge in [0.05, 0.1) is 49.3 Å². The summed E-state index contributed by atoms with van der Waals surface area (Å²) in [5.41, 5.74) is 3.35. The molecule has 4 aromatic rings. The third kappa shape index (κ3) is 9.50. The fourth-order valence-corrected chi connectivity index (χ4v) is 8.12. The number of aromatic nitrogens is 4. The summed E-state index contributed by atoms with van der Waals surface area (Å²) in [4.78, 5) is 72.3. The van der Waals surface area contributed by atoms with Crippen LogP contribution in [-0.2, 0) is 19.1 Å². The second-order valence-electron chi connectivity index (χ2n) is 14.7. The number of nitrogens with zero attached hydrogens (tertiary/aromatic N) is 4. The van der Waals surface area contributed by atoms with E-state index in [4.69, 9.17) is 9.47 Å². The highest BCUT2D eigenvalue weighted by atomic mass is 32.1. The van der Waals surface area contributed by atoms with Gasteiger partial charge in [0, 0.05) is 23.5 Å². The Morgan fingerprint density at radius 3 is 1.82 bits per heavy atom. The maximum Gasteiger partial charge on any atom is 0.407 e. The minimum Gasteiger partial charge on any atom is -0.453 e. The molecule has 0 spiro atoms. The molecule has 0 radical (unpaired) electrons. The number of carbonyl (C=O) groups excluding carboxylic acids is 4. The van der Waals surface area contributed by atoms with Crippen LogP contribution in [0, 0.1) is 35.5 Å². The summed E-state index contributed by atoms with van der Waals surface area (Å²) in [5.74, 6) is 12.8. The number of alkyl carbamates (subject to hydrolysis) is 2. The molecule has 5 heterocycles. The lowest BCUT2D eigenvalue weighted by atomic mass is 10.0. The summed E-state index contributed by atoms with van der Waals surface area (Å²) >= 11 is 1.64. The van der Waals surface area contributed by atoms with Crippen molar-refractivity contribution in [3.8, 4) is 44.7 Å². The van der Waals surface area contributed by atoms with E-state index in [-0.39, 0.29) is 35.7 Å². The second-order valence-corrected chi connectivity index (χ2v) is 15.8. The van der Waals surface area contributed by atoms with Gasteiger partial charge in [-0.25, -0.2) is 19.6 Å². The first kappa shape index (κ1) is 40.6. The number of aromatic amines is 2. The second kappa shape index (κ2) is 18.3. The Morgan fingerprint density at radius 2 is 1.26 bits per heavy atom. The number of benzene rings is 1. The normalized spacial score (nSPS) is 17.3. The first-order chi connectivity index (χ1) is 27.5. The van der Waals surface area contributed by atoms with Gasteiger partial charge in [-0.2, -0.15) is 0 Å². The molecule has 4 atom stereocenters. The number of hydrogen-bond acceptors (Lipinski definition) is 9. The number of hydrogen-bond donors (Lipinski definition) is 4. The van der Waals surface area contributed by atoms with Gasteiger partial charge in [-0.3, -0.25) is 9.59 Å². The van der Waals surface area contributed by atoms with Crippen LogP contribution in [0.2, 0.25) is 0 Å². The van der Waals surface area contributed by atoms with E-state index in [1.807, 2.05) is 58.2 Å². The summed E-state index contributed by atoms with van der Waals surface area (Å²) in [6.07, 6.45) is 5.40. The van der Waals surface area contributed by atoms with Crippen LogP contribution >= 0.6 is 11.3 Å². The van der Waals surface area contributed by atoms with Crippen LogP contribution in [0.25, 0.3) is 21.0 Å². The van der Waals surface area contributed by atoms with E-state index >= 15 is 0 Å². The molecule has 2 aliphatic heterocycles. The van der Waals surface area contributed by atoms with Crippen molar-refractivity contribution in [2.24, 2.45) is 11.8 Å². The van der Waals surface area contributed by atoms with E-state index in [2.05, 4.69) is 66.4 Å². The maximum absolute atomic E-state index is 13.5. The van der Waals surface area contributed by atoms with Crippen LogP contribution in [-0.4, -0.2) is 93.1 Å². The standard InChI is InChI=1S/C42H48N8O6S/c1-25(2)35(47-41(53)55-5)39(51)49-21-9-13-31(49)37-43-23-29(45-37)12-8-7-11-27-15-17-28(18-16-27)33-19-20-34(57-33)30-24-44-38(46-30)32-14-10-22-50(32)40(52)36(26(3)4)48-42(54)56-6/h15-20,23-26,31-32,35-36H,9-10,13-14,21-22H2,1-6H3,(H,43,45)(H,44,46)(H,47,53)(H,48,54)/t31-,32-,35-,36-/m0/s1. The number of thiophene rings is 1. The average molecular weight is 793 g/mol. The smallest absolute Gasteiger partial charge is 0.407 e. The van der Waals surface area contributed by atoms with Gasteiger partial charge in [0.15, 0.2) is 0 Å². The van der Waals surface area contributed by atoms with Crippen LogP contribution < -0.4 is 10.6 Å². The molecule has 57 heavy (non-hydrogen) atoms. The molecule has 14 nitrogen and oxygen atoms in total. The molecule has 2 saturated heterocycles. The Hall–Kier alpha value is -6.06. The van der Waals surface area contributed by atoms with Crippen molar-refractivity contribution in [3.05, 3.63) is 71.7 Å². The molecule has 0 unspecified atom stereocenters. The fraction of sp³-hybridized carbons (Fsp3) is 0.429. The molecule has 0 bridgehead atoms. The van der Waals surface area contributed by atoms with E-state index in [0.717, 1.165) is 58.1 Å². The summed E-state index contributed by atoms with van der Waals surface area (Å²) < 4.78 is 9.47. The van der Waals surface area contributed by atoms with Crippen molar-refractivity contribution >= 4 is 35.3 Å². The van der Waals surface area contributed by atoms with Crippen molar-refractivity contribution in [2.45, 2.75) is 77.5 Å². The molecule has 4 amide bonds. The third-order valence-corrected chi connectivity index (χ3v) is 11.4. The molecule has 4 N–H and O–H groups in total. The number of ether oxygens (including phenoxy) is 2. The summed E-state index contributed by atoms with van der Waals surface area (Å²) in [6, 6.07) is 10.3. The van der Waals surface area contributed by atoms with E-state index in [9.17, 15) is 19.2 Å². The number of imidazole rings is 2. The molecular weight excluding hydrogens is 745 g/mol. The van der Waals surface area contributed by atoms with E-state index < -0.39 is 24.3 Å². The Morgan fingerprint density at radius 1 is 0.737 bits per heavy atom. The van der Waals surface area contributed by atoms with Gasteiger partial charge in [-0.1, -0.05) is 45.7 Å². The average Bonchev–Trinajstić information content (AvgIpc) is 4.06. The van der Waals surface area contributed by atoms with Crippen LogP contribution in [0.1, 0.15) is 88.4 Å². The predicted octanol–water partition coefficient (Wildman–Crippen LogP) is 6.02. The monoisotopic (exact) mass is 792 g/mol. The molecule has 2 fully saturated rings. The molecule has 0 aliphatic carbocycles. The lowest BCUT2D eigenvalue weighted by Crippen LogP contribution is -2.51. The Balaban J connectivity index is 1.06. The minimum atomic E-state index is -0.700. The van der Waals surface area contributed by atoms with Crippen molar-refractivity contribution in [2.75, 3.05) is 27.3 Å². The highest BCUT2D eigenvalue weighted by molar-refractivity contribution is 7.18. The van der Waals surface area contributed by atoms with Crippen LogP contribution in [0.5, 0.6) is 0 Å². The zero-order valence-corrected chi connectivity index (χ0v) is 33.8. The quantitative estimate of drug-likeness (QED) is 0.141. The highest BCUT2D eigenvalue weighted by Gasteiger charge is 2.39. The molecular formula is C42H48N8O6S. The molecule has 15 heteroatoms. The number of carbonyl (C=O) groups is 4. The number of H-pyrrole nitrogens is 2. The fourth-order valence-electron chi connectivity index (χ4n) is 7.14. The van der Waals surface area contributed by atoms with Crippen molar-refractivity contribution in [3.63, 3.8) is 0 Å². The number of nitrogens with one attached hydrogen (secondary N) is 4. The third-order valence-electron chi connectivity index (χ3n) is 10.2. The molecule has 1 aromatic carbocycles. The lowest BCUT2D eigenvalue weighted by molar-refractivity contribution is -0.136. The minimum absolute atomic E-state index is 0.106. The number of methoxy groups -OCH3 is 2. The van der Waals surface area contributed by atoms with E-state index in [1.165, 1.54) is 14.2 Å². The van der Waals surface area contributed by atoms with Gasteiger partial charge >= 0.3 is 12.2 Å². The molecule has 2 aliphatic rings. The predicted molar refractivity (Wildman–Crippen MR) is 215 cm³/mol. The topological polar surface area (TPSA) is 175 Å². The number of likely N-dealkylation sites (tertiary alicyclic amines) is 2. The van der Waals surface area contributed by atoms with Crippen molar-refractivity contribution in [1.82, 2.24) is 40.4 Å². The summed E-state index contributed by atoms with van der Waals surface area (Å²) in [5, 5.41) is 5.36. The van der Waals surface area contributed by atoms with Gasteiger partial charge in [0.2, 0.25) is 11.8 Å². The zero-order chi connectivity index (χ0) is 40.6. The Labute approximate surface area is 336 Å². The maximum atomic E-state index is 13.5. The highest BCUT2D eigenvalue weighted by Crippen LogP contribution is 2.37. The zero-order valence-electron chi connectivity index (χ0n) is 33.0. The van der Waals surface area contributed by atoms with Gasteiger partial charge < -0.3 is 39.9 Å². The number of rotatable bonds is 10. The molecule has 6 rings (SSSR count). The summed E-state index contributed by atoms with van der Waals surface area (Å²) in [7, 11) is 2.56. The van der Waals surface area contributed by atoms with E-state index in [0.29, 0.717) is 24.6 Å². The molecule has 298 valence electrons. The van der Waals surface area contributed by atoms with Gasteiger partial charge in [0.25, 0.3) is 0 Å². The van der Waals surface area contributed by atoms with Crippen LogP contribution in [0.4, 0.5) is 9.59 Å². The Bertz CT molecular complexity index is 2200. The van der Waals surface area contributed by atoms with Gasteiger partial charge in [-0.15, -0.1) is 11.3 Å². The van der Waals surface area contributed by atoms with Crippen molar-refractivity contribution < 1.29 is 28.7 Å². The molecule has 3 aromatic heterocycles. The van der Waals surface area contributed by atoms with Crippen LogP contribution in [0.15, 0.2) is 48.8 Å². The SMILES string of the molecule is COC(=O)N[C@H](C(=O)N1CCC[C@H]1c1ncc(C#CC#Cc2ccc(-c3ccc(-c4cnc([C@@H]5CCCN5C(=O)[C@@H](NC(=O)OC)C(C)C)[nH]4)s3)cc2)[nH]1)C(C)C.